The van der Waals surface area contributed by atoms with E-state index in [9.17, 15) is 15.2 Å². The Hall–Kier alpha value is -2.28. The van der Waals surface area contributed by atoms with Gasteiger partial charge in [0.2, 0.25) is 0 Å². The van der Waals surface area contributed by atoms with E-state index in [-0.39, 0.29) is 11.4 Å². The van der Waals surface area contributed by atoms with Crippen LogP contribution in [-0.2, 0) is 6.54 Å². The lowest BCUT2D eigenvalue weighted by Gasteiger charge is -2.10. The van der Waals surface area contributed by atoms with E-state index in [0.29, 0.717) is 18.0 Å². The van der Waals surface area contributed by atoms with Crippen LogP contribution in [0.5, 0.6) is 11.5 Å². The van der Waals surface area contributed by atoms with Crippen molar-refractivity contribution in [3.8, 4) is 11.5 Å². The molecule has 21 heavy (non-hydrogen) atoms. The van der Waals surface area contributed by atoms with Gasteiger partial charge < -0.3 is 15.2 Å². The lowest BCUT2D eigenvalue weighted by atomic mass is 10.2. The predicted octanol–water partition coefficient (Wildman–Crippen LogP) is 3.68. The number of anilines is 1. The summed E-state index contributed by atoms with van der Waals surface area (Å²) in [5.41, 5.74) is 1.45. The summed E-state index contributed by atoms with van der Waals surface area (Å²) in [6.07, 6.45) is 0. The van der Waals surface area contributed by atoms with E-state index in [4.69, 9.17) is 4.74 Å². The topological polar surface area (TPSA) is 84.6 Å². The van der Waals surface area contributed by atoms with Crippen molar-refractivity contribution < 1.29 is 14.8 Å². The Bertz CT molecular complexity index is 676. The van der Waals surface area contributed by atoms with Crippen molar-refractivity contribution in [1.82, 2.24) is 0 Å². The Morgan fingerprint density at radius 1 is 1.33 bits per heavy atom. The number of phenolic OH excluding ortho intramolecular Hbond substituents is 1. The molecule has 0 aliphatic carbocycles. The molecular formula is C14H13BrN2O4. The molecule has 2 N–H and O–H groups in total. The van der Waals surface area contributed by atoms with Crippen molar-refractivity contribution in [2.75, 3.05) is 12.4 Å². The molecule has 0 atom stereocenters. The first-order valence-electron chi connectivity index (χ1n) is 6.05. The van der Waals surface area contributed by atoms with Crippen molar-refractivity contribution in [2.45, 2.75) is 6.54 Å². The molecule has 2 aromatic carbocycles. The molecule has 2 aromatic rings. The number of rotatable bonds is 5. The summed E-state index contributed by atoms with van der Waals surface area (Å²) in [5, 5.41) is 23.6. The second-order valence-corrected chi connectivity index (χ2v) is 5.14. The summed E-state index contributed by atoms with van der Waals surface area (Å²) in [7, 11) is 1.48. The predicted molar refractivity (Wildman–Crippen MR) is 82.8 cm³/mol. The third-order valence-corrected chi connectivity index (χ3v) is 3.58. The highest BCUT2D eigenvalue weighted by Gasteiger charge is 2.09. The van der Waals surface area contributed by atoms with Crippen LogP contribution in [0.2, 0.25) is 0 Å². The quantitative estimate of drug-likeness (QED) is 0.633. The van der Waals surface area contributed by atoms with E-state index in [1.807, 2.05) is 0 Å². The highest BCUT2D eigenvalue weighted by molar-refractivity contribution is 9.10. The average molecular weight is 353 g/mol. The number of ether oxygens (including phenoxy) is 1. The highest BCUT2D eigenvalue weighted by atomic mass is 79.9. The van der Waals surface area contributed by atoms with Gasteiger partial charge in [-0.05, 0) is 39.7 Å². The van der Waals surface area contributed by atoms with Gasteiger partial charge in [-0.2, -0.15) is 0 Å². The highest BCUT2D eigenvalue weighted by Crippen LogP contribution is 2.29. The first-order chi connectivity index (χ1) is 10.0. The number of phenols is 1. The minimum Gasteiger partial charge on any atom is -0.504 e. The number of nitrogens with one attached hydrogen (secondary N) is 1. The van der Waals surface area contributed by atoms with E-state index in [1.54, 1.807) is 24.3 Å². The van der Waals surface area contributed by atoms with Crippen LogP contribution in [0.15, 0.2) is 40.9 Å². The zero-order valence-electron chi connectivity index (χ0n) is 11.2. The van der Waals surface area contributed by atoms with Crippen LogP contribution in [0.3, 0.4) is 0 Å². The second kappa shape index (κ2) is 6.45. The van der Waals surface area contributed by atoms with Gasteiger partial charge in [-0.1, -0.05) is 6.07 Å². The summed E-state index contributed by atoms with van der Waals surface area (Å²) in [4.78, 5) is 10.3. The van der Waals surface area contributed by atoms with Crippen molar-refractivity contribution in [3.05, 3.63) is 56.5 Å². The fraction of sp³-hybridized carbons (Fsp3) is 0.143. The van der Waals surface area contributed by atoms with Gasteiger partial charge in [0, 0.05) is 23.2 Å². The molecule has 0 fully saturated rings. The Morgan fingerprint density at radius 3 is 2.71 bits per heavy atom. The third kappa shape index (κ3) is 3.63. The molecule has 0 spiro atoms. The van der Waals surface area contributed by atoms with Crippen molar-refractivity contribution in [1.29, 1.82) is 0 Å². The molecule has 0 amide bonds. The number of halogens is 1. The Morgan fingerprint density at radius 2 is 2.10 bits per heavy atom. The monoisotopic (exact) mass is 352 g/mol. The Balaban J connectivity index is 2.14. The van der Waals surface area contributed by atoms with E-state index in [2.05, 4.69) is 21.2 Å². The molecule has 0 bridgehead atoms. The maximum Gasteiger partial charge on any atom is 0.271 e. The molecule has 6 nitrogen and oxygen atoms in total. The first-order valence-corrected chi connectivity index (χ1v) is 6.84. The van der Waals surface area contributed by atoms with Crippen LogP contribution in [-0.4, -0.2) is 17.1 Å². The molecule has 2 rings (SSSR count). The molecule has 110 valence electrons. The van der Waals surface area contributed by atoms with Crippen molar-refractivity contribution in [3.63, 3.8) is 0 Å². The molecule has 0 unspecified atom stereocenters. The lowest BCUT2D eigenvalue weighted by Crippen LogP contribution is -2.01. The zero-order valence-corrected chi connectivity index (χ0v) is 12.8. The van der Waals surface area contributed by atoms with Crippen LogP contribution in [0, 0.1) is 10.1 Å². The van der Waals surface area contributed by atoms with Gasteiger partial charge in [-0.25, -0.2) is 0 Å². The maximum absolute atomic E-state index is 10.8. The van der Waals surface area contributed by atoms with Gasteiger partial charge in [0.25, 0.3) is 5.69 Å². The van der Waals surface area contributed by atoms with Crippen LogP contribution in [0.1, 0.15) is 5.56 Å². The molecule has 0 aliphatic rings. The molecule has 0 aromatic heterocycles. The van der Waals surface area contributed by atoms with E-state index >= 15 is 0 Å². The molecule has 0 heterocycles. The molecule has 0 aliphatic heterocycles. The summed E-state index contributed by atoms with van der Waals surface area (Å²) < 4.78 is 5.70. The standard InChI is InChI=1S/C14H13BrN2O4/c1-21-14-5-2-9(6-13(14)18)8-16-12-7-10(17(19)20)3-4-11(12)15/h2-7,16,18H,8H2,1H3. The number of hydrogen-bond donors (Lipinski definition) is 2. The fourth-order valence-electron chi connectivity index (χ4n) is 1.81. The lowest BCUT2D eigenvalue weighted by molar-refractivity contribution is -0.384. The normalized spacial score (nSPS) is 10.2. The van der Waals surface area contributed by atoms with Crippen molar-refractivity contribution >= 4 is 27.3 Å². The molecule has 0 saturated heterocycles. The van der Waals surface area contributed by atoms with Gasteiger partial charge in [0.1, 0.15) is 0 Å². The summed E-state index contributed by atoms with van der Waals surface area (Å²) in [6.45, 7) is 0.414. The molecule has 0 radical (unpaired) electrons. The van der Waals surface area contributed by atoms with E-state index in [0.717, 1.165) is 10.0 Å². The van der Waals surface area contributed by atoms with Crippen LogP contribution in [0.25, 0.3) is 0 Å². The van der Waals surface area contributed by atoms with E-state index < -0.39 is 4.92 Å². The van der Waals surface area contributed by atoms with Crippen LogP contribution >= 0.6 is 15.9 Å². The van der Waals surface area contributed by atoms with E-state index in [1.165, 1.54) is 19.2 Å². The number of aromatic hydroxyl groups is 1. The summed E-state index contributed by atoms with van der Waals surface area (Å²) >= 11 is 3.34. The van der Waals surface area contributed by atoms with Crippen molar-refractivity contribution in [2.24, 2.45) is 0 Å². The van der Waals surface area contributed by atoms with Gasteiger partial charge in [0.05, 0.1) is 17.7 Å². The number of hydrogen-bond acceptors (Lipinski definition) is 5. The Kier molecular flexibility index (Phi) is 4.64. The maximum atomic E-state index is 10.8. The largest absolute Gasteiger partial charge is 0.504 e. The Labute approximate surface area is 129 Å². The summed E-state index contributed by atoms with van der Waals surface area (Å²) in [6, 6.07) is 9.54. The molecule has 0 saturated carbocycles. The fourth-order valence-corrected chi connectivity index (χ4v) is 2.19. The van der Waals surface area contributed by atoms with Gasteiger partial charge in [-0.15, -0.1) is 0 Å². The minimum absolute atomic E-state index is 0.0123. The zero-order chi connectivity index (χ0) is 15.4. The number of nitrogens with zero attached hydrogens (tertiary/aromatic N) is 1. The van der Waals surface area contributed by atoms with Crippen LogP contribution in [0.4, 0.5) is 11.4 Å². The second-order valence-electron chi connectivity index (χ2n) is 4.28. The third-order valence-electron chi connectivity index (χ3n) is 2.89. The number of non-ortho nitro benzene ring substituents is 1. The molecular weight excluding hydrogens is 340 g/mol. The minimum atomic E-state index is -0.448. The number of nitro benzene ring substituents is 1. The SMILES string of the molecule is COc1ccc(CNc2cc([N+](=O)[O-])ccc2Br)cc1O. The van der Waals surface area contributed by atoms with Crippen LogP contribution < -0.4 is 10.1 Å². The van der Waals surface area contributed by atoms with Gasteiger partial charge in [0.15, 0.2) is 11.5 Å². The summed E-state index contributed by atoms with van der Waals surface area (Å²) in [5.74, 6) is 0.449. The first kappa shape index (κ1) is 15.1. The smallest absolute Gasteiger partial charge is 0.271 e. The number of benzene rings is 2. The average Bonchev–Trinajstić information content (AvgIpc) is 2.46. The van der Waals surface area contributed by atoms with Gasteiger partial charge >= 0.3 is 0 Å². The molecule has 7 heteroatoms. The van der Waals surface area contributed by atoms with Gasteiger partial charge in [-0.3, -0.25) is 10.1 Å². The number of nitro groups is 1. The number of methoxy groups -OCH3 is 1.